The first kappa shape index (κ1) is 11.0. The minimum Gasteiger partial charge on any atom is -0.325 e. The lowest BCUT2D eigenvalue weighted by atomic mass is 10.1. The van der Waals surface area contributed by atoms with E-state index in [2.05, 4.69) is 5.32 Å². The van der Waals surface area contributed by atoms with Gasteiger partial charge in [-0.1, -0.05) is 18.2 Å². The summed E-state index contributed by atoms with van der Waals surface area (Å²) in [6.07, 6.45) is -4.68. The monoisotopic (exact) mass is 229 g/mol. The van der Waals surface area contributed by atoms with Gasteiger partial charge in [0.25, 0.3) is 0 Å². The van der Waals surface area contributed by atoms with Crippen LogP contribution in [0.1, 0.15) is 12.8 Å². The van der Waals surface area contributed by atoms with Crippen LogP contribution in [0.25, 0.3) is 0 Å². The van der Waals surface area contributed by atoms with E-state index in [0.717, 1.165) is 0 Å². The van der Waals surface area contributed by atoms with Gasteiger partial charge in [-0.25, -0.2) is 0 Å². The quantitative estimate of drug-likeness (QED) is 0.829. The summed E-state index contributed by atoms with van der Waals surface area (Å²) in [6.45, 7) is 0. The van der Waals surface area contributed by atoms with Crippen molar-refractivity contribution in [2.45, 2.75) is 19.0 Å². The highest BCUT2D eigenvalue weighted by atomic mass is 19.4. The Morgan fingerprint density at radius 2 is 1.75 bits per heavy atom. The van der Waals surface area contributed by atoms with Gasteiger partial charge in [0.05, 0.1) is 0 Å². The van der Waals surface area contributed by atoms with Crippen LogP contribution in [-0.2, 0) is 4.79 Å². The molecule has 0 saturated heterocycles. The summed E-state index contributed by atoms with van der Waals surface area (Å²) in [5.41, 5.74) is -1.76. The van der Waals surface area contributed by atoms with E-state index >= 15 is 0 Å². The number of carbonyl (C=O) groups excluding carboxylic acids is 1. The van der Waals surface area contributed by atoms with Crippen LogP contribution in [0, 0.1) is 5.41 Å². The van der Waals surface area contributed by atoms with E-state index in [4.69, 9.17) is 0 Å². The Bertz CT molecular complexity index is 395. The second kappa shape index (κ2) is 3.50. The van der Waals surface area contributed by atoms with Gasteiger partial charge in [0.1, 0.15) is 5.41 Å². The number of benzene rings is 1. The number of alkyl halides is 3. The fourth-order valence-corrected chi connectivity index (χ4v) is 1.54. The average Bonchev–Trinajstić information content (AvgIpc) is 2.98. The molecule has 16 heavy (non-hydrogen) atoms. The first-order valence-electron chi connectivity index (χ1n) is 4.89. The van der Waals surface area contributed by atoms with Crippen LogP contribution in [0.15, 0.2) is 30.3 Å². The van der Waals surface area contributed by atoms with E-state index in [1.807, 2.05) is 0 Å². The molecule has 1 aromatic carbocycles. The molecule has 86 valence electrons. The maximum Gasteiger partial charge on any atom is 0.403 e. The fourth-order valence-electron chi connectivity index (χ4n) is 1.54. The van der Waals surface area contributed by atoms with Crippen LogP contribution in [0.3, 0.4) is 0 Å². The SMILES string of the molecule is O=C(Nc1ccccc1)C1(C(F)(F)F)CC1. The van der Waals surface area contributed by atoms with Crippen molar-refractivity contribution in [1.82, 2.24) is 0 Å². The predicted molar refractivity (Wildman–Crippen MR) is 52.8 cm³/mol. The van der Waals surface area contributed by atoms with Gasteiger partial charge in [-0.05, 0) is 25.0 Å². The molecular formula is C11H10F3NO. The Labute approximate surface area is 90.5 Å². The van der Waals surface area contributed by atoms with Gasteiger partial charge in [0, 0.05) is 5.69 Å². The first-order chi connectivity index (χ1) is 7.46. The highest BCUT2D eigenvalue weighted by Crippen LogP contribution is 2.58. The van der Waals surface area contributed by atoms with Crippen LogP contribution in [0.5, 0.6) is 0 Å². The van der Waals surface area contributed by atoms with E-state index in [1.54, 1.807) is 30.3 Å². The van der Waals surface area contributed by atoms with Crippen molar-refractivity contribution in [1.29, 1.82) is 0 Å². The van der Waals surface area contributed by atoms with E-state index in [1.165, 1.54) is 0 Å². The van der Waals surface area contributed by atoms with Gasteiger partial charge < -0.3 is 5.32 Å². The van der Waals surface area contributed by atoms with Crippen LogP contribution >= 0.6 is 0 Å². The molecule has 1 saturated carbocycles. The van der Waals surface area contributed by atoms with Crippen LogP contribution in [0.2, 0.25) is 0 Å². The van der Waals surface area contributed by atoms with E-state index < -0.39 is 17.5 Å². The summed E-state index contributed by atoms with van der Waals surface area (Å²) in [6, 6.07) is 8.16. The molecule has 5 heteroatoms. The van der Waals surface area contributed by atoms with Gasteiger partial charge in [-0.15, -0.1) is 0 Å². The summed E-state index contributed by atoms with van der Waals surface area (Å²) in [5, 5.41) is 2.29. The molecule has 1 aromatic rings. The molecule has 0 unspecified atom stereocenters. The smallest absolute Gasteiger partial charge is 0.325 e. The maximum absolute atomic E-state index is 12.6. The molecule has 1 N–H and O–H groups in total. The van der Waals surface area contributed by atoms with Gasteiger partial charge in [0.2, 0.25) is 5.91 Å². The summed E-state index contributed by atoms with van der Waals surface area (Å²) in [7, 11) is 0. The standard InChI is InChI=1S/C11H10F3NO/c12-11(13,14)10(6-7-10)9(16)15-8-4-2-1-3-5-8/h1-5H,6-7H2,(H,15,16). The normalized spacial score (nSPS) is 17.9. The van der Waals surface area contributed by atoms with Gasteiger partial charge in [0.15, 0.2) is 0 Å². The molecule has 0 atom stereocenters. The molecule has 0 spiro atoms. The molecule has 0 bridgehead atoms. The predicted octanol–water partition coefficient (Wildman–Crippen LogP) is 2.97. The molecule has 1 aliphatic rings. The minimum absolute atomic E-state index is 0.116. The Morgan fingerprint density at radius 1 is 1.19 bits per heavy atom. The molecule has 2 rings (SSSR count). The highest BCUT2D eigenvalue weighted by Gasteiger charge is 2.68. The lowest BCUT2D eigenvalue weighted by Gasteiger charge is -2.18. The number of para-hydroxylation sites is 1. The third-order valence-corrected chi connectivity index (χ3v) is 2.76. The largest absolute Gasteiger partial charge is 0.403 e. The van der Waals surface area contributed by atoms with E-state index in [9.17, 15) is 18.0 Å². The van der Waals surface area contributed by atoms with E-state index in [-0.39, 0.29) is 12.8 Å². The van der Waals surface area contributed by atoms with Crippen molar-refractivity contribution in [3.63, 3.8) is 0 Å². The molecular weight excluding hydrogens is 219 g/mol. The number of halogens is 3. The molecule has 0 radical (unpaired) electrons. The van der Waals surface area contributed by atoms with Crippen molar-refractivity contribution in [3.8, 4) is 0 Å². The lowest BCUT2D eigenvalue weighted by Crippen LogP contribution is -2.36. The molecule has 1 amide bonds. The van der Waals surface area contributed by atoms with Crippen LogP contribution in [0.4, 0.5) is 18.9 Å². The van der Waals surface area contributed by atoms with Gasteiger partial charge >= 0.3 is 6.18 Å². The Balaban J connectivity index is 2.11. The molecule has 2 nitrogen and oxygen atoms in total. The maximum atomic E-state index is 12.6. The van der Waals surface area contributed by atoms with Crippen molar-refractivity contribution >= 4 is 11.6 Å². The zero-order valence-corrected chi connectivity index (χ0v) is 8.34. The van der Waals surface area contributed by atoms with Gasteiger partial charge in [-0.2, -0.15) is 13.2 Å². The number of carbonyl (C=O) groups is 1. The summed E-state index contributed by atoms with van der Waals surface area (Å²) in [4.78, 5) is 11.5. The minimum atomic E-state index is -4.45. The Hall–Kier alpha value is -1.52. The number of hydrogen-bond donors (Lipinski definition) is 1. The number of nitrogens with one attached hydrogen (secondary N) is 1. The zero-order chi connectivity index (χ0) is 11.8. The molecule has 1 aliphatic carbocycles. The number of anilines is 1. The number of rotatable bonds is 2. The van der Waals surface area contributed by atoms with Crippen molar-refractivity contribution in [2.24, 2.45) is 5.41 Å². The van der Waals surface area contributed by atoms with Crippen molar-refractivity contribution in [2.75, 3.05) is 5.32 Å². The number of amides is 1. The summed E-state index contributed by atoms with van der Waals surface area (Å²) in [5.74, 6) is -0.953. The Kier molecular flexibility index (Phi) is 2.40. The summed E-state index contributed by atoms with van der Waals surface area (Å²) < 4.78 is 37.8. The fraction of sp³-hybridized carbons (Fsp3) is 0.364. The zero-order valence-electron chi connectivity index (χ0n) is 8.34. The number of hydrogen-bond acceptors (Lipinski definition) is 1. The van der Waals surface area contributed by atoms with Crippen LogP contribution in [-0.4, -0.2) is 12.1 Å². The first-order valence-corrected chi connectivity index (χ1v) is 4.89. The third kappa shape index (κ3) is 1.77. The third-order valence-electron chi connectivity index (χ3n) is 2.76. The summed E-state index contributed by atoms with van der Waals surface area (Å²) >= 11 is 0. The lowest BCUT2D eigenvalue weighted by molar-refractivity contribution is -0.189. The topological polar surface area (TPSA) is 29.1 Å². The molecule has 0 aliphatic heterocycles. The second-order valence-corrected chi connectivity index (χ2v) is 3.90. The van der Waals surface area contributed by atoms with Crippen molar-refractivity contribution < 1.29 is 18.0 Å². The van der Waals surface area contributed by atoms with E-state index in [0.29, 0.717) is 5.69 Å². The Morgan fingerprint density at radius 3 is 2.19 bits per heavy atom. The molecule has 0 heterocycles. The average molecular weight is 229 g/mol. The second-order valence-electron chi connectivity index (χ2n) is 3.90. The highest BCUT2D eigenvalue weighted by molar-refractivity contribution is 5.97. The molecule has 1 fully saturated rings. The molecule has 0 aromatic heterocycles. The van der Waals surface area contributed by atoms with Crippen LogP contribution < -0.4 is 5.32 Å². The van der Waals surface area contributed by atoms with Crippen molar-refractivity contribution in [3.05, 3.63) is 30.3 Å². The van der Waals surface area contributed by atoms with Gasteiger partial charge in [-0.3, -0.25) is 4.79 Å².